The van der Waals surface area contributed by atoms with Crippen molar-refractivity contribution >= 4 is 29.0 Å². The first-order chi connectivity index (χ1) is 12.4. The predicted octanol–water partition coefficient (Wildman–Crippen LogP) is 5.21. The molecule has 0 atom stereocenters. The third-order valence-corrected chi connectivity index (χ3v) is 3.89. The monoisotopic (exact) mass is 413 g/mol. The summed E-state index contributed by atoms with van der Waals surface area (Å²) in [6.07, 6.45) is -9.70. The van der Waals surface area contributed by atoms with Gasteiger partial charge in [0, 0.05) is 16.6 Å². The van der Waals surface area contributed by atoms with Crippen LogP contribution in [0.1, 0.15) is 5.56 Å². The maximum absolute atomic E-state index is 13.1. The largest absolute Gasteiger partial charge is 0.573 e. The van der Waals surface area contributed by atoms with Crippen molar-refractivity contribution in [2.24, 2.45) is 0 Å². The number of rotatable bonds is 5. The van der Waals surface area contributed by atoms with E-state index in [9.17, 15) is 36.5 Å². The lowest BCUT2D eigenvalue weighted by molar-refractivity contribution is -0.384. The molecule has 2 aromatic rings. The molecule has 0 radical (unpaired) electrons. The molecule has 0 aromatic heterocycles. The molecule has 0 bridgehead atoms. The molecular weight excluding hydrogens is 404 g/mol. The first-order valence-corrected chi connectivity index (χ1v) is 7.62. The van der Waals surface area contributed by atoms with Gasteiger partial charge in [0.2, 0.25) is 0 Å². The lowest BCUT2D eigenvalue weighted by Crippen LogP contribution is -2.16. The molecule has 0 aliphatic carbocycles. The number of hydrogen-bond donors (Lipinski definition) is 2. The number of nitro groups is 1. The van der Waals surface area contributed by atoms with E-state index in [1.54, 1.807) is 0 Å². The topological polar surface area (TPSA) is 90.4 Å². The number of nitrogens with one attached hydrogen (secondary N) is 1. The average molecular weight is 413 g/mol. The maximum atomic E-state index is 13.1. The van der Waals surface area contributed by atoms with Crippen molar-refractivity contribution in [3.8, 4) is 5.75 Å². The molecule has 0 aliphatic rings. The minimum atomic E-state index is -4.88. The van der Waals surface area contributed by atoms with Crippen LogP contribution in [-0.4, -0.2) is 11.3 Å². The van der Waals surface area contributed by atoms with Crippen LogP contribution in [0, 0.1) is 10.1 Å². The Bertz CT molecular complexity index is 840. The van der Waals surface area contributed by atoms with Crippen LogP contribution >= 0.6 is 11.9 Å². The minimum absolute atomic E-state index is 0.141. The van der Waals surface area contributed by atoms with Crippen LogP contribution in [0.3, 0.4) is 0 Å². The zero-order valence-electron chi connectivity index (χ0n) is 12.9. The van der Waals surface area contributed by atoms with Gasteiger partial charge in [0.25, 0.3) is 5.69 Å². The predicted molar refractivity (Wildman–Crippen MR) is 85.1 cm³/mol. The number of halogens is 6. The Kier molecular flexibility index (Phi) is 5.63. The zero-order valence-corrected chi connectivity index (χ0v) is 13.7. The van der Waals surface area contributed by atoms with E-state index in [0.717, 1.165) is 24.3 Å². The third-order valence-electron chi connectivity index (χ3n) is 3.00. The highest BCUT2D eigenvalue weighted by Crippen LogP contribution is 2.41. The number of hydrogen-bond acceptors (Lipinski definition) is 6. The fraction of sp³-hybridized carbons (Fsp3) is 0.143. The minimum Gasteiger partial charge on any atom is -0.406 e. The molecule has 2 rings (SSSR count). The van der Waals surface area contributed by atoms with E-state index in [1.807, 2.05) is 0 Å². The quantitative estimate of drug-likeness (QED) is 0.230. The highest BCUT2D eigenvalue weighted by Gasteiger charge is 2.36. The Balaban J connectivity index is 2.24. The van der Waals surface area contributed by atoms with E-state index in [-0.39, 0.29) is 5.69 Å². The smallest absolute Gasteiger partial charge is 0.406 e. The first-order valence-electron chi connectivity index (χ1n) is 6.80. The number of alkyl halides is 6. The van der Waals surface area contributed by atoms with Crippen molar-refractivity contribution < 1.29 is 36.0 Å². The summed E-state index contributed by atoms with van der Waals surface area (Å²) in [5.41, 5.74) is 2.88. The summed E-state index contributed by atoms with van der Waals surface area (Å²) in [5, 5.41) is 10.9. The maximum Gasteiger partial charge on any atom is 0.573 e. The average Bonchev–Trinajstić information content (AvgIpc) is 2.52. The number of nitro benzene ring substituents is 1. The van der Waals surface area contributed by atoms with E-state index >= 15 is 0 Å². The molecule has 27 heavy (non-hydrogen) atoms. The Hall–Kier alpha value is -2.83. The second-order valence-corrected chi connectivity index (χ2v) is 5.79. The van der Waals surface area contributed by atoms with Crippen molar-refractivity contribution in [2.75, 3.05) is 10.5 Å². The lowest BCUT2D eigenvalue weighted by Gasteiger charge is -2.14. The number of benzene rings is 2. The van der Waals surface area contributed by atoms with E-state index in [0.29, 0.717) is 24.1 Å². The van der Waals surface area contributed by atoms with Gasteiger partial charge in [-0.25, -0.2) is 0 Å². The van der Waals surface area contributed by atoms with Crippen LogP contribution in [0.5, 0.6) is 5.75 Å². The summed E-state index contributed by atoms with van der Waals surface area (Å²) in [5.74, 6) is -0.517. The fourth-order valence-corrected chi connectivity index (χ4v) is 2.71. The van der Waals surface area contributed by atoms with Gasteiger partial charge in [-0.1, -0.05) is 0 Å². The van der Waals surface area contributed by atoms with Gasteiger partial charge in [0.15, 0.2) is 0 Å². The van der Waals surface area contributed by atoms with Crippen LogP contribution in [0.4, 0.5) is 43.4 Å². The van der Waals surface area contributed by atoms with E-state index in [1.165, 1.54) is 0 Å². The molecule has 13 heteroatoms. The molecule has 0 saturated carbocycles. The fourth-order valence-electron chi connectivity index (χ4n) is 1.89. The second-order valence-electron chi connectivity index (χ2n) is 4.94. The van der Waals surface area contributed by atoms with Crippen LogP contribution in [0.15, 0.2) is 41.3 Å². The highest BCUT2D eigenvalue weighted by molar-refractivity contribution is 8.00. The Morgan fingerprint density at radius 2 is 1.67 bits per heavy atom. The van der Waals surface area contributed by atoms with Gasteiger partial charge in [0.05, 0.1) is 10.5 Å². The summed E-state index contributed by atoms with van der Waals surface area (Å²) in [4.78, 5) is 9.41. The van der Waals surface area contributed by atoms with E-state index in [4.69, 9.17) is 5.73 Å². The zero-order chi connectivity index (χ0) is 20.4. The van der Waals surface area contributed by atoms with Crippen LogP contribution in [-0.2, 0) is 6.18 Å². The molecule has 2 aromatic carbocycles. The van der Waals surface area contributed by atoms with Crippen molar-refractivity contribution in [3.05, 3.63) is 52.1 Å². The molecule has 6 nitrogen and oxygen atoms in total. The molecule has 0 heterocycles. The highest BCUT2D eigenvalue weighted by atomic mass is 32.2. The van der Waals surface area contributed by atoms with Gasteiger partial charge in [-0.15, -0.1) is 13.2 Å². The Morgan fingerprint density at radius 1 is 1.07 bits per heavy atom. The summed E-state index contributed by atoms with van der Waals surface area (Å²) < 4.78 is 81.7. The molecule has 0 fully saturated rings. The normalized spacial score (nSPS) is 11.9. The number of nitrogen functional groups attached to an aromatic ring is 1. The van der Waals surface area contributed by atoms with Gasteiger partial charge in [-0.3, -0.25) is 10.1 Å². The molecule has 3 N–H and O–H groups in total. The summed E-state index contributed by atoms with van der Waals surface area (Å²) in [7, 11) is 0. The van der Waals surface area contributed by atoms with Crippen molar-refractivity contribution in [1.82, 2.24) is 0 Å². The van der Waals surface area contributed by atoms with Gasteiger partial charge in [-0.2, -0.15) is 13.2 Å². The third kappa shape index (κ3) is 5.57. The standard InChI is InChI=1S/C14H9F6N3O3S/c15-13(16,17)9-5-10(21)11(23(24)25)6-12(9)27-22-7-1-3-8(4-2-7)26-14(18,19)20/h1-6,22H,21H2. The molecule has 0 unspecified atom stereocenters. The van der Waals surface area contributed by atoms with Crippen LogP contribution in [0.2, 0.25) is 0 Å². The summed E-state index contributed by atoms with van der Waals surface area (Å²) >= 11 is 0.393. The Morgan fingerprint density at radius 3 is 2.15 bits per heavy atom. The number of nitrogens with two attached hydrogens (primary N) is 1. The molecule has 0 spiro atoms. The van der Waals surface area contributed by atoms with Crippen LogP contribution in [0.25, 0.3) is 0 Å². The van der Waals surface area contributed by atoms with Crippen molar-refractivity contribution in [1.29, 1.82) is 0 Å². The van der Waals surface area contributed by atoms with E-state index in [2.05, 4.69) is 9.46 Å². The number of ether oxygens (including phenoxy) is 1. The van der Waals surface area contributed by atoms with Gasteiger partial charge >= 0.3 is 12.5 Å². The molecule has 0 saturated heterocycles. The van der Waals surface area contributed by atoms with E-state index < -0.39 is 45.0 Å². The number of nitrogens with zero attached hydrogens (tertiary/aromatic N) is 1. The van der Waals surface area contributed by atoms with Crippen molar-refractivity contribution in [3.63, 3.8) is 0 Å². The lowest BCUT2D eigenvalue weighted by atomic mass is 10.1. The molecule has 0 amide bonds. The molecule has 0 aliphatic heterocycles. The SMILES string of the molecule is Nc1cc(C(F)(F)F)c(SNc2ccc(OC(F)(F)F)cc2)cc1[N+](=O)[O-]. The summed E-state index contributed by atoms with van der Waals surface area (Å²) in [6.45, 7) is 0. The molecule has 146 valence electrons. The van der Waals surface area contributed by atoms with Gasteiger partial charge in [0.1, 0.15) is 11.4 Å². The first kappa shape index (κ1) is 20.5. The summed E-state index contributed by atoms with van der Waals surface area (Å²) in [6, 6.07) is 5.28. The Labute approximate surface area is 151 Å². The van der Waals surface area contributed by atoms with Gasteiger partial charge < -0.3 is 15.2 Å². The van der Waals surface area contributed by atoms with Crippen LogP contribution < -0.4 is 15.2 Å². The second kappa shape index (κ2) is 7.42. The molecular formula is C14H9F6N3O3S. The van der Waals surface area contributed by atoms with Crippen molar-refractivity contribution in [2.45, 2.75) is 17.4 Å². The van der Waals surface area contributed by atoms with Gasteiger partial charge in [-0.05, 0) is 42.3 Å². The number of anilines is 2.